The summed E-state index contributed by atoms with van der Waals surface area (Å²) in [5.41, 5.74) is 6.97. The lowest BCUT2D eigenvalue weighted by Gasteiger charge is -2.12. The maximum absolute atomic E-state index is 12.1. The van der Waals surface area contributed by atoms with Crippen LogP contribution in [0.4, 0.5) is 5.69 Å². The molecule has 0 heterocycles. The van der Waals surface area contributed by atoms with E-state index >= 15 is 0 Å². The summed E-state index contributed by atoms with van der Waals surface area (Å²) in [5, 5.41) is 0. The quantitative estimate of drug-likeness (QED) is 0.620. The van der Waals surface area contributed by atoms with E-state index in [2.05, 4.69) is 4.72 Å². The van der Waals surface area contributed by atoms with E-state index in [1.807, 2.05) is 6.92 Å². The topological polar surface area (TPSA) is 81.4 Å². The first kappa shape index (κ1) is 15.3. The van der Waals surface area contributed by atoms with Crippen molar-refractivity contribution in [2.75, 3.05) is 18.9 Å². The molecule has 1 saturated carbocycles. The number of nitrogens with one attached hydrogen (secondary N) is 1. The van der Waals surface area contributed by atoms with Gasteiger partial charge in [-0.3, -0.25) is 0 Å². The molecular weight excluding hydrogens is 276 g/mol. The molecule has 0 bridgehead atoms. The standard InChI is InChI=1S/C14H22N2O3S/c1-11-6-7-14(13(15)10-11)20(17,18)16-8-9-19-12-4-2-3-5-12/h6-7,10,12,16H,2-5,8-9,15H2,1H3. The molecule has 0 amide bonds. The second-order valence-corrected chi connectivity index (χ2v) is 6.95. The molecule has 3 N–H and O–H groups in total. The van der Waals surface area contributed by atoms with Gasteiger partial charge >= 0.3 is 0 Å². The van der Waals surface area contributed by atoms with Crippen molar-refractivity contribution >= 4 is 15.7 Å². The third-order valence-corrected chi connectivity index (χ3v) is 5.04. The summed E-state index contributed by atoms with van der Waals surface area (Å²) in [6, 6.07) is 4.92. The molecule has 5 nitrogen and oxygen atoms in total. The SMILES string of the molecule is Cc1ccc(S(=O)(=O)NCCOC2CCCC2)c(N)c1. The predicted molar refractivity (Wildman–Crippen MR) is 79.0 cm³/mol. The van der Waals surface area contributed by atoms with Crippen LogP contribution in [0, 0.1) is 6.92 Å². The summed E-state index contributed by atoms with van der Waals surface area (Å²) in [6.07, 6.45) is 4.87. The molecule has 1 fully saturated rings. The van der Waals surface area contributed by atoms with Gasteiger partial charge in [-0.2, -0.15) is 0 Å². The van der Waals surface area contributed by atoms with E-state index in [1.165, 1.54) is 18.9 Å². The van der Waals surface area contributed by atoms with E-state index in [4.69, 9.17) is 10.5 Å². The monoisotopic (exact) mass is 298 g/mol. The van der Waals surface area contributed by atoms with Crippen molar-refractivity contribution in [3.05, 3.63) is 23.8 Å². The number of nitrogens with two attached hydrogens (primary N) is 1. The third kappa shape index (κ3) is 3.94. The van der Waals surface area contributed by atoms with Crippen molar-refractivity contribution in [2.24, 2.45) is 0 Å². The number of anilines is 1. The maximum Gasteiger partial charge on any atom is 0.242 e. The average Bonchev–Trinajstić information content (AvgIpc) is 2.87. The van der Waals surface area contributed by atoms with Gasteiger partial charge in [-0.15, -0.1) is 0 Å². The Bertz CT molecular complexity index is 552. The van der Waals surface area contributed by atoms with Crippen LogP contribution in [0.3, 0.4) is 0 Å². The van der Waals surface area contributed by atoms with E-state index < -0.39 is 10.0 Å². The highest BCUT2D eigenvalue weighted by molar-refractivity contribution is 7.89. The fraction of sp³-hybridized carbons (Fsp3) is 0.571. The molecule has 20 heavy (non-hydrogen) atoms. The summed E-state index contributed by atoms with van der Waals surface area (Å²) in [4.78, 5) is 0.129. The Morgan fingerprint density at radius 3 is 2.70 bits per heavy atom. The molecule has 112 valence electrons. The zero-order chi connectivity index (χ0) is 14.6. The second kappa shape index (κ2) is 6.56. The van der Waals surface area contributed by atoms with E-state index in [9.17, 15) is 8.42 Å². The van der Waals surface area contributed by atoms with E-state index in [0.717, 1.165) is 18.4 Å². The van der Waals surface area contributed by atoms with Gasteiger partial charge in [-0.1, -0.05) is 18.9 Å². The lowest BCUT2D eigenvalue weighted by Crippen LogP contribution is -2.29. The van der Waals surface area contributed by atoms with Crippen molar-refractivity contribution in [2.45, 2.75) is 43.6 Å². The smallest absolute Gasteiger partial charge is 0.242 e. The van der Waals surface area contributed by atoms with E-state index in [-0.39, 0.29) is 17.1 Å². The van der Waals surface area contributed by atoms with Crippen LogP contribution < -0.4 is 10.5 Å². The molecule has 0 saturated heterocycles. The first-order valence-corrected chi connectivity index (χ1v) is 8.45. The van der Waals surface area contributed by atoms with Gasteiger partial charge in [0.1, 0.15) is 4.90 Å². The minimum Gasteiger partial charge on any atom is -0.398 e. The van der Waals surface area contributed by atoms with Crippen LogP contribution in [0.5, 0.6) is 0 Å². The number of hydrogen-bond donors (Lipinski definition) is 2. The molecule has 2 rings (SSSR count). The average molecular weight is 298 g/mol. The zero-order valence-corrected chi connectivity index (χ0v) is 12.6. The van der Waals surface area contributed by atoms with Crippen molar-refractivity contribution in [3.8, 4) is 0 Å². The van der Waals surface area contributed by atoms with Crippen LogP contribution in [-0.4, -0.2) is 27.7 Å². The largest absolute Gasteiger partial charge is 0.398 e. The number of hydrogen-bond acceptors (Lipinski definition) is 4. The molecule has 1 aliphatic rings. The van der Waals surface area contributed by atoms with Crippen LogP contribution in [-0.2, 0) is 14.8 Å². The summed E-state index contributed by atoms with van der Waals surface area (Å²) in [7, 11) is -3.56. The first-order chi connectivity index (χ1) is 9.49. The van der Waals surface area contributed by atoms with Crippen LogP contribution in [0.2, 0.25) is 0 Å². The summed E-state index contributed by atoms with van der Waals surface area (Å²) in [6.45, 7) is 2.54. The molecule has 0 aliphatic heterocycles. The minimum atomic E-state index is -3.56. The minimum absolute atomic E-state index is 0.129. The molecule has 0 aromatic heterocycles. The molecule has 1 aliphatic carbocycles. The Morgan fingerprint density at radius 1 is 1.35 bits per heavy atom. The van der Waals surface area contributed by atoms with E-state index in [1.54, 1.807) is 12.1 Å². The summed E-state index contributed by atoms with van der Waals surface area (Å²) in [5.74, 6) is 0. The number of sulfonamides is 1. The van der Waals surface area contributed by atoms with Crippen molar-refractivity contribution in [1.29, 1.82) is 0 Å². The molecular formula is C14H22N2O3S. The highest BCUT2D eigenvalue weighted by Gasteiger charge is 2.18. The van der Waals surface area contributed by atoms with Crippen molar-refractivity contribution in [3.63, 3.8) is 0 Å². The molecule has 1 aromatic rings. The van der Waals surface area contributed by atoms with Gasteiger partial charge in [0.05, 0.1) is 18.4 Å². The van der Waals surface area contributed by atoms with Gasteiger partial charge in [0, 0.05) is 6.54 Å². The zero-order valence-electron chi connectivity index (χ0n) is 11.8. The Hall–Kier alpha value is -1.11. The number of rotatable bonds is 6. The highest BCUT2D eigenvalue weighted by atomic mass is 32.2. The lowest BCUT2D eigenvalue weighted by molar-refractivity contribution is 0.0626. The number of aryl methyl sites for hydroxylation is 1. The van der Waals surface area contributed by atoms with Gasteiger partial charge in [-0.25, -0.2) is 13.1 Å². The van der Waals surface area contributed by atoms with Gasteiger partial charge in [0.15, 0.2) is 0 Å². The molecule has 0 spiro atoms. The van der Waals surface area contributed by atoms with Crippen LogP contribution >= 0.6 is 0 Å². The number of nitrogen functional groups attached to an aromatic ring is 1. The van der Waals surface area contributed by atoms with Gasteiger partial charge < -0.3 is 10.5 Å². The Balaban J connectivity index is 1.87. The molecule has 0 unspecified atom stereocenters. The number of benzene rings is 1. The Kier molecular flexibility index (Phi) is 5.01. The summed E-state index contributed by atoms with van der Waals surface area (Å²) >= 11 is 0. The third-order valence-electron chi connectivity index (χ3n) is 3.50. The van der Waals surface area contributed by atoms with Crippen LogP contribution in [0.1, 0.15) is 31.2 Å². The molecule has 0 radical (unpaired) electrons. The maximum atomic E-state index is 12.1. The Morgan fingerprint density at radius 2 is 2.05 bits per heavy atom. The van der Waals surface area contributed by atoms with Gasteiger partial charge in [0.25, 0.3) is 0 Å². The number of ether oxygens (including phenoxy) is 1. The van der Waals surface area contributed by atoms with E-state index in [0.29, 0.717) is 12.7 Å². The molecule has 6 heteroatoms. The fourth-order valence-electron chi connectivity index (χ4n) is 2.45. The first-order valence-electron chi connectivity index (χ1n) is 6.96. The normalized spacial score (nSPS) is 16.6. The van der Waals surface area contributed by atoms with Gasteiger partial charge in [-0.05, 0) is 37.5 Å². The molecule has 1 aromatic carbocycles. The Labute approximate surface area is 120 Å². The highest BCUT2D eigenvalue weighted by Crippen LogP contribution is 2.21. The van der Waals surface area contributed by atoms with Crippen LogP contribution in [0.25, 0.3) is 0 Å². The van der Waals surface area contributed by atoms with Crippen molar-refractivity contribution in [1.82, 2.24) is 4.72 Å². The van der Waals surface area contributed by atoms with Crippen LogP contribution in [0.15, 0.2) is 23.1 Å². The lowest BCUT2D eigenvalue weighted by atomic mass is 10.2. The summed E-state index contributed by atoms with van der Waals surface area (Å²) < 4.78 is 32.4. The predicted octanol–water partition coefficient (Wildman–Crippen LogP) is 1.81. The fourth-order valence-corrected chi connectivity index (χ4v) is 3.57. The molecule has 0 atom stereocenters. The van der Waals surface area contributed by atoms with Crippen molar-refractivity contribution < 1.29 is 13.2 Å². The van der Waals surface area contributed by atoms with Gasteiger partial charge in [0.2, 0.25) is 10.0 Å². The second-order valence-electron chi connectivity index (χ2n) is 5.22.